The number of carbonyl (C=O) groups is 2. The Hall–Kier alpha value is -1.06. The molecule has 0 saturated carbocycles. The van der Waals surface area contributed by atoms with Crippen LogP contribution in [0.1, 0.15) is 158 Å². The van der Waals surface area contributed by atoms with Crippen LogP contribution in [-0.2, 0) is 19.1 Å². The standard InChI is InChI=1S/C32H62O4/c1-25(2)29(31(26(3)4)32(34)36-28(7)8)23-21-19-17-15-13-11-9-10-12-14-16-18-20-22-24-30(33)35-27(5)6/h25-29,31H,9-24H2,1-8H3. The fourth-order valence-corrected chi connectivity index (χ4v) is 5.27. The van der Waals surface area contributed by atoms with Gasteiger partial charge in [0.05, 0.1) is 18.1 Å². The fourth-order valence-electron chi connectivity index (χ4n) is 5.27. The summed E-state index contributed by atoms with van der Waals surface area (Å²) in [5.41, 5.74) is 0. The summed E-state index contributed by atoms with van der Waals surface area (Å²) in [6, 6.07) is 0. The van der Waals surface area contributed by atoms with Gasteiger partial charge in [-0.05, 0) is 58.3 Å². The smallest absolute Gasteiger partial charge is 0.309 e. The van der Waals surface area contributed by atoms with Crippen molar-refractivity contribution in [3.63, 3.8) is 0 Å². The summed E-state index contributed by atoms with van der Waals surface area (Å²) in [7, 11) is 0. The lowest BCUT2D eigenvalue weighted by atomic mass is 9.74. The van der Waals surface area contributed by atoms with Crippen molar-refractivity contribution in [3.8, 4) is 0 Å². The predicted molar refractivity (Wildman–Crippen MR) is 153 cm³/mol. The van der Waals surface area contributed by atoms with Crippen LogP contribution < -0.4 is 0 Å². The maximum Gasteiger partial charge on any atom is 0.309 e. The lowest BCUT2D eigenvalue weighted by molar-refractivity contribution is -0.157. The molecule has 0 aromatic heterocycles. The number of hydrogen-bond acceptors (Lipinski definition) is 4. The number of carbonyl (C=O) groups excluding carboxylic acids is 2. The summed E-state index contributed by atoms with van der Waals surface area (Å²) in [6.45, 7) is 16.5. The zero-order chi connectivity index (χ0) is 27.3. The fraction of sp³-hybridized carbons (Fsp3) is 0.938. The molecule has 0 spiro atoms. The first-order valence-corrected chi connectivity index (χ1v) is 15.5. The van der Waals surface area contributed by atoms with E-state index in [-0.39, 0.29) is 30.1 Å². The Morgan fingerprint density at radius 1 is 0.500 bits per heavy atom. The van der Waals surface area contributed by atoms with E-state index in [4.69, 9.17) is 9.47 Å². The van der Waals surface area contributed by atoms with Gasteiger partial charge >= 0.3 is 11.9 Å². The Balaban J connectivity index is 3.74. The van der Waals surface area contributed by atoms with Crippen LogP contribution in [0.2, 0.25) is 0 Å². The van der Waals surface area contributed by atoms with Gasteiger partial charge in [-0.3, -0.25) is 9.59 Å². The van der Waals surface area contributed by atoms with Crippen LogP contribution in [0.25, 0.3) is 0 Å². The molecule has 2 unspecified atom stereocenters. The maximum atomic E-state index is 12.7. The SMILES string of the molecule is CC(C)OC(=O)CCCCCCCCCCCCCCCCC(C(C)C)C(C(=O)OC(C)C)C(C)C. The van der Waals surface area contributed by atoms with Gasteiger partial charge in [0.15, 0.2) is 0 Å². The van der Waals surface area contributed by atoms with Crippen LogP contribution in [0.5, 0.6) is 0 Å². The summed E-state index contributed by atoms with van der Waals surface area (Å²) in [6.07, 6.45) is 19.6. The minimum Gasteiger partial charge on any atom is -0.463 e. The Labute approximate surface area is 225 Å². The molecule has 0 aliphatic rings. The number of hydrogen-bond donors (Lipinski definition) is 0. The van der Waals surface area contributed by atoms with Crippen LogP contribution in [0, 0.1) is 23.7 Å². The molecular weight excluding hydrogens is 448 g/mol. The minimum absolute atomic E-state index is 0.00221. The van der Waals surface area contributed by atoms with Gasteiger partial charge in [0.1, 0.15) is 0 Å². The van der Waals surface area contributed by atoms with Crippen molar-refractivity contribution in [2.24, 2.45) is 23.7 Å². The van der Waals surface area contributed by atoms with Gasteiger partial charge in [0.2, 0.25) is 0 Å². The third-order valence-electron chi connectivity index (χ3n) is 7.20. The molecule has 214 valence electrons. The van der Waals surface area contributed by atoms with E-state index in [0.717, 1.165) is 19.3 Å². The first kappa shape index (κ1) is 34.9. The largest absolute Gasteiger partial charge is 0.463 e. The van der Waals surface area contributed by atoms with E-state index in [9.17, 15) is 9.59 Å². The van der Waals surface area contributed by atoms with E-state index < -0.39 is 0 Å². The predicted octanol–water partition coefficient (Wildman–Crippen LogP) is 9.68. The average molecular weight is 511 g/mol. The molecule has 0 heterocycles. The molecule has 0 aliphatic heterocycles. The normalized spacial score (nSPS) is 13.6. The molecule has 0 radical (unpaired) electrons. The topological polar surface area (TPSA) is 52.6 Å². The number of unbranched alkanes of at least 4 members (excludes halogenated alkanes) is 13. The van der Waals surface area contributed by atoms with Crippen molar-refractivity contribution < 1.29 is 19.1 Å². The van der Waals surface area contributed by atoms with Crippen LogP contribution in [0.3, 0.4) is 0 Å². The molecule has 0 fully saturated rings. The van der Waals surface area contributed by atoms with Gasteiger partial charge in [0.25, 0.3) is 0 Å². The Bertz CT molecular complexity index is 538. The summed E-state index contributed by atoms with van der Waals surface area (Å²) in [5.74, 6) is 1.21. The van der Waals surface area contributed by atoms with E-state index >= 15 is 0 Å². The molecule has 0 rings (SSSR count). The monoisotopic (exact) mass is 510 g/mol. The van der Waals surface area contributed by atoms with Crippen LogP contribution >= 0.6 is 0 Å². The van der Waals surface area contributed by atoms with E-state index in [0.29, 0.717) is 24.2 Å². The maximum absolute atomic E-state index is 12.7. The highest BCUT2D eigenvalue weighted by molar-refractivity contribution is 5.73. The molecule has 0 amide bonds. The van der Waals surface area contributed by atoms with Crippen molar-refractivity contribution >= 4 is 11.9 Å². The second-order valence-electron chi connectivity index (χ2n) is 12.2. The molecule has 0 saturated heterocycles. The third kappa shape index (κ3) is 19.1. The van der Waals surface area contributed by atoms with Crippen molar-refractivity contribution in [1.29, 1.82) is 0 Å². The van der Waals surface area contributed by atoms with Crippen LogP contribution in [-0.4, -0.2) is 24.1 Å². The Morgan fingerprint density at radius 2 is 0.889 bits per heavy atom. The number of rotatable bonds is 23. The zero-order valence-corrected chi connectivity index (χ0v) is 25.4. The van der Waals surface area contributed by atoms with Gasteiger partial charge in [-0.1, -0.05) is 111 Å². The van der Waals surface area contributed by atoms with Gasteiger partial charge in [0, 0.05) is 6.42 Å². The highest BCUT2D eigenvalue weighted by Crippen LogP contribution is 2.33. The molecule has 0 aromatic rings. The quantitative estimate of drug-likeness (QED) is 0.101. The first-order valence-electron chi connectivity index (χ1n) is 15.5. The molecule has 0 bridgehead atoms. The third-order valence-corrected chi connectivity index (χ3v) is 7.20. The van der Waals surface area contributed by atoms with E-state index in [1.165, 1.54) is 77.0 Å². The lowest BCUT2D eigenvalue weighted by Gasteiger charge is -2.32. The lowest BCUT2D eigenvalue weighted by Crippen LogP contribution is -2.34. The summed E-state index contributed by atoms with van der Waals surface area (Å²) in [5, 5.41) is 0. The van der Waals surface area contributed by atoms with E-state index in [1.807, 2.05) is 27.7 Å². The Kier molecular flexibility index (Phi) is 21.3. The van der Waals surface area contributed by atoms with Crippen molar-refractivity contribution in [2.45, 2.75) is 170 Å². The molecular formula is C32H62O4. The minimum atomic E-state index is -0.0480. The zero-order valence-electron chi connectivity index (χ0n) is 25.4. The van der Waals surface area contributed by atoms with E-state index in [2.05, 4.69) is 27.7 Å². The molecule has 0 N–H and O–H groups in total. The highest BCUT2D eigenvalue weighted by Gasteiger charge is 2.34. The van der Waals surface area contributed by atoms with Crippen molar-refractivity contribution in [2.75, 3.05) is 0 Å². The molecule has 4 nitrogen and oxygen atoms in total. The first-order chi connectivity index (χ1) is 17.1. The van der Waals surface area contributed by atoms with Crippen LogP contribution in [0.15, 0.2) is 0 Å². The summed E-state index contributed by atoms with van der Waals surface area (Å²) >= 11 is 0. The molecule has 36 heavy (non-hydrogen) atoms. The van der Waals surface area contributed by atoms with E-state index in [1.54, 1.807) is 0 Å². The highest BCUT2D eigenvalue weighted by atomic mass is 16.5. The van der Waals surface area contributed by atoms with Crippen molar-refractivity contribution in [3.05, 3.63) is 0 Å². The summed E-state index contributed by atoms with van der Waals surface area (Å²) < 4.78 is 10.8. The molecule has 4 heteroatoms. The average Bonchev–Trinajstić information content (AvgIpc) is 2.76. The Morgan fingerprint density at radius 3 is 1.25 bits per heavy atom. The molecule has 2 atom stereocenters. The summed E-state index contributed by atoms with van der Waals surface area (Å²) in [4.78, 5) is 24.2. The second kappa shape index (κ2) is 22.0. The van der Waals surface area contributed by atoms with Crippen molar-refractivity contribution in [1.82, 2.24) is 0 Å². The van der Waals surface area contributed by atoms with Gasteiger partial charge in [-0.25, -0.2) is 0 Å². The number of esters is 2. The van der Waals surface area contributed by atoms with Crippen LogP contribution in [0.4, 0.5) is 0 Å². The van der Waals surface area contributed by atoms with Gasteiger partial charge in [-0.2, -0.15) is 0 Å². The molecule has 0 aliphatic carbocycles. The second-order valence-corrected chi connectivity index (χ2v) is 12.2. The molecule has 0 aromatic carbocycles. The van der Waals surface area contributed by atoms with Gasteiger partial charge < -0.3 is 9.47 Å². The van der Waals surface area contributed by atoms with Gasteiger partial charge in [-0.15, -0.1) is 0 Å². The number of ether oxygens (including phenoxy) is 2.